The van der Waals surface area contributed by atoms with Crippen LogP contribution in [0.5, 0.6) is 0 Å². The van der Waals surface area contributed by atoms with E-state index in [1.165, 1.54) is 38.1 Å². The predicted molar refractivity (Wildman–Crippen MR) is 84.2 cm³/mol. The van der Waals surface area contributed by atoms with E-state index in [1.807, 2.05) is 0 Å². The SMILES string of the molecule is CC(CNc1cc(NN)cc([N+](=O)[O-])c1)CN1CCCC1. The molecule has 116 valence electrons. The van der Waals surface area contributed by atoms with E-state index < -0.39 is 4.92 Å². The van der Waals surface area contributed by atoms with Crippen molar-refractivity contribution in [3.05, 3.63) is 28.3 Å². The van der Waals surface area contributed by atoms with E-state index >= 15 is 0 Å². The normalized spacial score (nSPS) is 16.7. The van der Waals surface area contributed by atoms with Gasteiger partial charge >= 0.3 is 0 Å². The Labute approximate surface area is 124 Å². The number of likely N-dealkylation sites (tertiary alicyclic amines) is 1. The average molecular weight is 293 g/mol. The molecular weight excluding hydrogens is 270 g/mol. The van der Waals surface area contributed by atoms with Gasteiger partial charge in [0, 0.05) is 30.9 Å². The summed E-state index contributed by atoms with van der Waals surface area (Å²) in [5.41, 5.74) is 3.72. The van der Waals surface area contributed by atoms with E-state index in [0.29, 0.717) is 17.3 Å². The number of nitro benzene ring substituents is 1. The third-order valence-electron chi connectivity index (χ3n) is 3.72. The van der Waals surface area contributed by atoms with Crippen LogP contribution in [0.15, 0.2) is 18.2 Å². The molecule has 1 heterocycles. The van der Waals surface area contributed by atoms with Crippen LogP contribution in [0.2, 0.25) is 0 Å². The molecule has 1 aromatic carbocycles. The van der Waals surface area contributed by atoms with Crippen LogP contribution < -0.4 is 16.6 Å². The molecule has 0 aromatic heterocycles. The molecule has 0 bridgehead atoms. The third kappa shape index (κ3) is 4.57. The van der Waals surface area contributed by atoms with Gasteiger partial charge < -0.3 is 15.6 Å². The average Bonchev–Trinajstić information content (AvgIpc) is 2.97. The van der Waals surface area contributed by atoms with Crippen molar-refractivity contribution in [2.24, 2.45) is 11.8 Å². The molecule has 7 nitrogen and oxygen atoms in total. The molecular formula is C14H23N5O2. The summed E-state index contributed by atoms with van der Waals surface area (Å²) in [6.45, 7) is 6.39. The molecule has 21 heavy (non-hydrogen) atoms. The van der Waals surface area contributed by atoms with Gasteiger partial charge in [-0.2, -0.15) is 0 Å². The second-order valence-corrected chi connectivity index (χ2v) is 5.66. The lowest BCUT2D eigenvalue weighted by Crippen LogP contribution is -2.28. The Balaban J connectivity index is 1.92. The number of hydrogen-bond donors (Lipinski definition) is 3. The zero-order valence-corrected chi connectivity index (χ0v) is 12.3. The van der Waals surface area contributed by atoms with Crippen molar-refractivity contribution >= 4 is 17.1 Å². The Bertz CT molecular complexity index is 488. The molecule has 4 N–H and O–H groups in total. The molecule has 1 unspecified atom stereocenters. The summed E-state index contributed by atoms with van der Waals surface area (Å²) in [5, 5.41) is 14.2. The minimum atomic E-state index is -0.417. The van der Waals surface area contributed by atoms with Crippen LogP contribution in [0.1, 0.15) is 19.8 Å². The number of nitrogen functional groups attached to an aromatic ring is 1. The van der Waals surface area contributed by atoms with E-state index in [2.05, 4.69) is 22.6 Å². The van der Waals surface area contributed by atoms with Gasteiger partial charge in [-0.1, -0.05) is 6.92 Å². The number of anilines is 2. The van der Waals surface area contributed by atoms with E-state index in [1.54, 1.807) is 6.07 Å². The summed E-state index contributed by atoms with van der Waals surface area (Å²) in [5.74, 6) is 5.83. The van der Waals surface area contributed by atoms with E-state index in [-0.39, 0.29) is 5.69 Å². The summed E-state index contributed by atoms with van der Waals surface area (Å²) in [4.78, 5) is 12.9. The summed E-state index contributed by atoms with van der Waals surface area (Å²) in [6, 6.07) is 4.72. The highest BCUT2D eigenvalue weighted by Gasteiger charge is 2.15. The molecule has 1 aromatic rings. The lowest BCUT2D eigenvalue weighted by Gasteiger charge is -2.21. The van der Waals surface area contributed by atoms with Crippen LogP contribution in [0.4, 0.5) is 17.1 Å². The third-order valence-corrected chi connectivity index (χ3v) is 3.72. The first-order valence-electron chi connectivity index (χ1n) is 7.31. The first-order valence-corrected chi connectivity index (χ1v) is 7.31. The van der Waals surface area contributed by atoms with Crippen molar-refractivity contribution in [3.8, 4) is 0 Å². The molecule has 2 rings (SSSR count). The summed E-state index contributed by atoms with van der Waals surface area (Å²) in [7, 11) is 0. The lowest BCUT2D eigenvalue weighted by atomic mass is 10.1. The van der Waals surface area contributed by atoms with E-state index in [9.17, 15) is 10.1 Å². The Morgan fingerprint density at radius 2 is 2.00 bits per heavy atom. The van der Waals surface area contributed by atoms with Crippen molar-refractivity contribution in [2.75, 3.05) is 36.9 Å². The van der Waals surface area contributed by atoms with Crippen molar-refractivity contribution < 1.29 is 4.92 Å². The molecule has 1 aliphatic heterocycles. The lowest BCUT2D eigenvalue weighted by molar-refractivity contribution is -0.384. The van der Waals surface area contributed by atoms with Crippen LogP contribution in [0.25, 0.3) is 0 Å². The summed E-state index contributed by atoms with van der Waals surface area (Å²) in [6.07, 6.45) is 2.58. The molecule has 1 fully saturated rings. The number of nitrogens with zero attached hydrogens (tertiary/aromatic N) is 2. The van der Waals surface area contributed by atoms with Crippen LogP contribution in [-0.2, 0) is 0 Å². The fourth-order valence-corrected chi connectivity index (χ4v) is 2.66. The van der Waals surface area contributed by atoms with Crippen molar-refractivity contribution in [1.29, 1.82) is 0 Å². The fraction of sp³-hybridized carbons (Fsp3) is 0.571. The largest absolute Gasteiger partial charge is 0.384 e. The molecule has 1 atom stereocenters. The number of rotatable bonds is 7. The predicted octanol–water partition coefficient (Wildman–Crippen LogP) is 2.02. The molecule has 0 amide bonds. The minimum Gasteiger partial charge on any atom is -0.384 e. The zero-order valence-electron chi connectivity index (χ0n) is 12.3. The quantitative estimate of drug-likeness (QED) is 0.404. The summed E-state index contributed by atoms with van der Waals surface area (Å²) >= 11 is 0. The van der Waals surface area contributed by atoms with Gasteiger partial charge in [0.25, 0.3) is 5.69 Å². The van der Waals surface area contributed by atoms with E-state index in [4.69, 9.17) is 5.84 Å². The number of nitrogens with two attached hydrogens (primary N) is 1. The van der Waals surface area contributed by atoms with Crippen molar-refractivity contribution in [3.63, 3.8) is 0 Å². The number of benzene rings is 1. The first kappa shape index (κ1) is 15.5. The Hall–Kier alpha value is -1.86. The second-order valence-electron chi connectivity index (χ2n) is 5.66. The second kappa shape index (κ2) is 7.24. The Morgan fingerprint density at radius 1 is 1.33 bits per heavy atom. The highest BCUT2D eigenvalue weighted by Crippen LogP contribution is 2.24. The standard InChI is InChI=1S/C14H23N5O2/c1-11(10-18-4-2-3-5-18)9-16-12-6-13(17-15)8-14(7-12)19(20)21/h6-8,11,16-17H,2-5,9-10,15H2,1H3. The maximum Gasteiger partial charge on any atom is 0.273 e. The number of hydrogen-bond acceptors (Lipinski definition) is 6. The highest BCUT2D eigenvalue weighted by atomic mass is 16.6. The maximum atomic E-state index is 10.9. The molecule has 0 radical (unpaired) electrons. The number of nitrogens with one attached hydrogen (secondary N) is 2. The molecule has 0 saturated carbocycles. The van der Waals surface area contributed by atoms with Gasteiger partial charge in [-0.3, -0.25) is 16.0 Å². The monoisotopic (exact) mass is 293 g/mol. The van der Waals surface area contributed by atoms with Gasteiger partial charge in [0.1, 0.15) is 0 Å². The fourth-order valence-electron chi connectivity index (χ4n) is 2.66. The van der Waals surface area contributed by atoms with Crippen molar-refractivity contribution in [2.45, 2.75) is 19.8 Å². The van der Waals surface area contributed by atoms with Gasteiger partial charge in [0.2, 0.25) is 0 Å². The number of non-ortho nitro benzene ring substituents is 1. The number of hydrazine groups is 1. The molecule has 0 aliphatic carbocycles. The molecule has 1 saturated heterocycles. The van der Waals surface area contributed by atoms with Crippen LogP contribution >= 0.6 is 0 Å². The minimum absolute atomic E-state index is 0.0279. The first-order chi connectivity index (χ1) is 10.1. The van der Waals surface area contributed by atoms with Gasteiger partial charge in [-0.25, -0.2) is 0 Å². The number of nitro groups is 1. The highest BCUT2D eigenvalue weighted by molar-refractivity contribution is 5.63. The van der Waals surface area contributed by atoms with Crippen LogP contribution in [0, 0.1) is 16.0 Å². The smallest absolute Gasteiger partial charge is 0.273 e. The molecule has 1 aliphatic rings. The molecule has 0 spiro atoms. The Morgan fingerprint density at radius 3 is 2.62 bits per heavy atom. The van der Waals surface area contributed by atoms with Gasteiger partial charge in [-0.05, 0) is 37.9 Å². The van der Waals surface area contributed by atoms with Crippen LogP contribution in [-0.4, -0.2) is 36.0 Å². The van der Waals surface area contributed by atoms with Gasteiger partial charge in [0.15, 0.2) is 0 Å². The topological polar surface area (TPSA) is 96.5 Å². The van der Waals surface area contributed by atoms with E-state index in [0.717, 1.165) is 13.1 Å². The summed E-state index contributed by atoms with van der Waals surface area (Å²) < 4.78 is 0. The molecule has 7 heteroatoms. The van der Waals surface area contributed by atoms with Gasteiger partial charge in [-0.15, -0.1) is 0 Å². The van der Waals surface area contributed by atoms with Gasteiger partial charge in [0.05, 0.1) is 10.6 Å². The van der Waals surface area contributed by atoms with Crippen LogP contribution in [0.3, 0.4) is 0 Å². The van der Waals surface area contributed by atoms with Crippen molar-refractivity contribution in [1.82, 2.24) is 4.90 Å². The maximum absolute atomic E-state index is 10.9. The Kier molecular flexibility index (Phi) is 5.35. The zero-order chi connectivity index (χ0) is 15.2.